The third kappa shape index (κ3) is 2.18. The van der Waals surface area contributed by atoms with Crippen LogP contribution in [0.1, 0.15) is 28.4 Å². The van der Waals surface area contributed by atoms with Gasteiger partial charge < -0.3 is 10.0 Å². The zero-order valence-corrected chi connectivity index (χ0v) is 12.1. The van der Waals surface area contributed by atoms with Gasteiger partial charge in [0.1, 0.15) is 0 Å². The van der Waals surface area contributed by atoms with Crippen molar-refractivity contribution in [3.63, 3.8) is 0 Å². The van der Waals surface area contributed by atoms with E-state index < -0.39 is 24.1 Å². The van der Waals surface area contributed by atoms with E-state index in [9.17, 15) is 14.0 Å². The average Bonchev–Trinajstić information content (AvgIpc) is 3.03. The van der Waals surface area contributed by atoms with Crippen LogP contribution in [0, 0.1) is 13.8 Å². The van der Waals surface area contributed by atoms with Gasteiger partial charge in [-0.25, -0.2) is 18.7 Å². The molecule has 116 valence electrons. The molecule has 0 saturated carbocycles. The second kappa shape index (κ2) is 4.72. The lowest BCUT2D eigenvalue weighted by Crippen LogP contribution is -2.39. The summed E-state index contributed by atoms with van der Waals surface area (Å²) in [5, 5.41) is 12.9. The number of aryl methyl sites for hydroxylation is 2. The zero-order valence-electron chi connectivity index (χ0n) is 12.1. The molecule has 3 rings (SSSR count). The molecule has 1 unspecified atom stereocenters. The number of rotatable bonds is 2. The fourth-order valence-electron chi connectivity index (χ4n) is 2.52. The smallest absolute Gasteiger partial charge is 0.343 e. The first-order valence-corrected chi connectivity index (χ1v) is 6.73. The van der Waals surface area contributed by atoms with Gasteiger partial charge in [-0.15, -0.1) is 5.10 Å². The minimum Gasteiger partial charge on any atom is -0.479 e. The Bertz CT molecular complexity index is 789. The number of aromatic nitrogens is 4. The molecule has 1 N–H and O–H groups in total. The maximum atomic E-state index is 14.0. The van der Waals surface area contributed by atoms with E-state index in [4.69, 9.17) is 5.11 Å². The summed E-state index contributed by atoms with van der Waals surface area (Å²) in [5.74, 6) is -1.98. The van der Waals surface area contributed by atoms with E-state index in [1.54, 1.807) is 19.9 Å². The summed E-state index contributed by atoms with van der Waals surface area (Å²) in [5.41, 5.74) is -0.897. The van der Waals surface area contributed by atoms with Crippen molar-refractivity contribution in [2.75, 3.05) is 13.1 Å². The Balaban J connectivity index is 1.90. The fourth-order valence-corrected chi connectivity index (χ4v) is 2.52. The molecule has 2 aromatic rings. The standard InChI is InChI=1S/C13H14FN5O3/c1-7-5-8(2)19-12(15-7)16-9(17-19)10(20)18-4-3-13(14,6-18)11(21)22/h5H,3-4,6H2,1-2H3,(H,21,22). The highest BCUT2D eigenvalue weighted by Gasteiger charge is 2.47. The van der Waals surface area contributed by atoms with E-state index in [1.807, 2.05) is 0 Å². The molecule has 0 radical (unpaired) electrons. The van der Waals surface area contributed by atoms with Crippen LogP contribution in [0.2, 0.25) is 0 Å². The molecule has 1 aliphatic rings. The molecule has 0 aliphatic carbocycles. The summed E-state index contributed by atoms with van der Waals surface area (Å²) in [7, 11) is 0. The highest BCUT2D eigenvalue weighted by Crippen LogP contribution is 2.26. The minimum absolute atomic E-state index is 0.0165. The number of carboxylic acids is 1. The van der Waals surface area contributed by atoms with Crippen LogP contribution in [0.5, 0.6) is 0 Å². The molecule has 1 atom stereocenters. The van der Waals surface area contributed by atoms with Gasteiger partial charge in [0.05, 0.1) is 6.54 Å². The lowest BCUT2D eigenvalue weighted by atomic mass is 10.1. The number of carbonyl (C=O) groups excluding carboxylic acids is 1. The van der Waals surface area contributed by atoms with Crippen molar-refractivity contribution in [3.05, 3.63) is 23.3 Å². The highest BCUT2D eigenvalue weighted by molar-refractivity contribution is 5.92. The maximum absolute atomic E-state index is 14.0. The molecule has 0 aromatic carbocycles. The minimum atomic E-state index is -2.40. The lowest BCUT2D eigenvalue weighted by Gasteiger charge is -2.15. The van der Waals surface area contributed by atoms with Gasteiger partial charge in [0.15, 0.2) is 0 Å². The molecule has 1 saturated heterocycles. The van der Waals surface area contributed by atoms with Gasteiger partial charge in [-0.1, -0.05) is 0 Å². The average molecular weight is 307 g/mol. The Labute approximate surface area is 124 Å². The molecule has 0 spiro atoms. The number of carboxylic acid groups (broad SMARTS) is 1. The number of aliphatic carboxylic acids is 1. The van der Waals surface area contributed by atoms with E-state index in [2.05, 4.69) is 15.1 Å². The number of hydrogen-bond acceptors (Lipinski definition) is 5. The molecule has 1 aliphatic heterocycles. The third-order valence-electron chi connectivity index (χ3n) is 3.70. The summed E-state index contributed by atoms with van der Waals surface area (Å²) in [6.45, 7) is 3.12. The number of alkyl halides is 1. The van der Waals surface area contributed by atoms with Crippen molar-refractivity contribution in [1.29, 1.82) is 0 Å². The Morgan fingerprint density at radius 2 is 2.09 bits per heavy atom. The van der Waals surface area contributed by atoms with E-state index in [-0.39, 0.29) is 24.6 Å². The fraction of sp³-hybridized carbons (Fsp3) is 0.462. The van der Waals surface area contributed by atoms with Crippen LogP contribution in [-0.2, 0) is 4.79 Å². The van der Waals surface area contributed by atoms with Crippen molar-refractivity contribution in [2.24, 2.45) is 0 Å². The zero-order chi connectivity index (χ0) is 16.1. The molecule has 22 heavy (non-hydrogen) atoms. The van der Waals surface area contributed by atoms with Gasteiger partial charge in [0, 0.05) is 24.4 Å². The molecule has 0 bridgehead atoms. The number of likely N-dealkylation sites (tertiary alicyclic amines) is 1. The Kier molecular flexibility index (Phi) is 3.08. The summed E-state index contributed by atoms with van der Waals surface area (Å²) in [6, 6.07) is 1.79. The highest BCUT2D eigenvalue weighted by atomic mass is 19.1. The molecular formula is C13H14FN5O3. The first-order valence-electron chi connectivity index (χ1n) is 6.73. The first-order chi connectivity index (χ1) is 10.3. The second-order valence-electron chi connectivity index (χ2n) is 5.43. The SMILES string of the molecule is Cc1cc(C)n2nc(C(=O)N3CCC(F)(C(=O)O)C3)nc2n1. The van der Waals surface area contributed by atoms with Crippen LogP contribution >= 0.6 is 0 Å². The van der Waals surface area contributed by atoms with Crippen molar-refractivity contribution in [1.82, 2.24) is 24.5 Å². The van der Waals surface area contributed by atoms with Crippen LogP contribution in [-0.4, -0.2) is 60.2 Å². The Morgan fingerprint density at radius 3 is 2.73 bits per heavy atom. The van der Waals surface area contributed by atoms with Crippen LogP contribution < -0.4 is 0 Å². The molecule has 8 nitrogen and oxygen atoms in total. The van der Waals surface area contributed by atoms with Gasteiger partial charge in [0.25, 0.3) is 11.7 Å². The summed E-state index contributed by atoms with van der Waals surface area (Å²) in [6.07, 6.45) is -0.238. The van der Waals surface area contributed by atoms with Gasteiger partial charge in [0.2, 0.25) is 11.5 Å². The Morgan fingerprint density at radius 1 is 1.36 bits per heavy atom. The van der Waals surface area contributed by atoms with E-state index in [1.165, 1.54) is 4.52 Å². The summed E-state index contributed by atoms with van der Waals surface area (Å²) in [4.78, 5) is 32.6. The largest absolute Gasteiger partial charge is 0.479 e. The number of fused-ring (bicyclic) bond motifs is 1. The lowest BCUT2D eigenvalue weighted by molar-refractivity contribution is -0.149. The third-order valence-corrected chi connectivity index (χ3v) is 3.70. The van der Waals surface area contributed by atoms with Gasteiger partial charge >= 0.3 is 5.97 Å². The van der Waals surface area contributed by atoms with Gasteiger partial charge in [-0.05, 0) is 19.9 Å². The maximum Gasteiger partial charge on any atom is 0.343 e. The van der Waals surface area contributed by atoms with Crippen LogP contribution in [0.3, 0.4) is 0 Å². The summed E-state index contributed by atoms with van der Waals surface area (Å²) < 4.78 is 15.5. The number of amides is 1. The molecule has 1 fully saturated rings. The number of nitrogens with zero attached hydrogens (tertiary/aromatic N) is 5. The molecule has 2 aromatic heterocycles. The van der Waals surface area contributed by atoms with Gasteiger partial charge in [-0.2, -0.15) is 4.98 Å². The van der Waals surface area contributed by atoms with Crippen LogP contribution in [0.4, 0.5) is 4.39 Å². The van der Waals surface area contributed by atoms with Crippen molar-refractivity contribution in [2.45, 2.75) is 25.9 Å². The quantitative estimate of drug-likeness (QED) is 0.861. The van der Waals surface area contributed by atoms with E-state index >= 15 is 0 Å². The van der Waals surface area contributed by atoms with Gasteiger partial charge in [-0.3, -0.25) is 4.79 Å². The molecule has 1 amide bonds. The number of halogens is 1. The van der Waals surface area contributed by atoms with Crippen LogP contribution in [0.15, 0.2) is 6.07 Å². The number of carbonyl (C=O) groups is 2. The van der Waals surface area contributed by atoms with Crippen molar-refractivity contribution < 1.29 is 19.1 Å². The monoisotopic (exact) mass is 307 g/mol. The topological polar surface area (TPSA) is 101 Å². The molecule has 9 heteroatoms. The van der Waals surface area contributed by atoms with Crippen LogP contribution in [0.25, 0.3) is 5.78 Å². The van der Waals surface area contributed by atoms with Crippen molar-refractivity contribution in [3.8, 4) is 0 Å². The molecule has 3 heterocycles. The predicted octanol–water partition coefficient (Wildman–Crippen LogP) is 0.380. The summed E-state index contributed by atoms with van der Waals surface area (Å²) >= 11 is 0. The Hall–Kier alpha value is -2.58. The molecular weight excluding hydrogens is 293 g/mol. The second-order valence-corrected chi connectivity index (χ2v) is 5.43. The van der Waals surface area contributed by atoms with Crippen molar-refractivity contribution >= 4 is 17.7 Å². The van der Waals surface area contributed by atoms with E-state index in [0.29, 0.717) is 0 Å². The normalized spacial score (nSPS) is 21.5. The number of hydrogen-bond donors (Lipinski definition) is 1. The predicted molar refractivity (Wildman–Crippen MR) is 72.3 cm³/mol. The van der Waals surface area contributed by atoms with E-state index in [0.717, 1.165) is 16.3 Å². The first kappa shape index (κ1) is 14.4.